The maximum Gasteiger partial charge on any atom is 0.258 e. The number of carbonyl (C=O) groups excluding carboxylic acids is 1. The lowest BCUT2D eigenvalue weighted by Crippen LogP contribution is -2.15. The van der Waals surface area contributed by atoms with Gasteiger partial charge in [-0.3, -0.25) is 10.1 Å². The summed E-state index contributed by atoms with van der Waals surface area (Å²) in [6, 6.07) is 3.76. The highest BCUT2D eigenvalue weighted by molar-refractivity contribution is 7.17. The molecular weight excluding hydrogens is 336 g/mol. The monoisotopic (exact) mass is 352 g/mol. The highest BCUT2D eigenvalue weighted by Crippen LogP contribution is 2.33. The summed E-state index contributed by atoms with van der Waals surface area (Å²) in [5.41, 5.74) is 0.721. The van der Waals surface area contributed by atoms with Crippen LogP contribution in [-0.4, -0.2) is 10.9 Å². The predicted molar refractivity (Wildman–Crippen MR) is 94.6 cm³/mol. The first-order valence-corrected chi connectivity index (χ1v) is 9.48. The summed E-state index contributed by atoms with van der Waals surface area (Å²) in [5.74, 6) is 0.380. The SMILES string of the molecule is O=C(Nc1nccs1)/C(=C/C1CCCCC1)c1ccc(Cl)s1. The van der Waals surface area contributed by atoms with Crippen LogP contribution in [0.25, 0.3) is 5.57 Å². The van der Waals surface area contributed by atoms with Crippen molar-refractivity contribution in [2.45, 2.75) is 32.1 Å². The second kappa shape index (κ2) is 7.40. The van der Waals surface area contributed by atoms with E-state index >= 15 is 0 Å². The number of thiophene rings is 1. The highest BCUT2D eigenvalue weighted by atomic mass is 35.5. The Morgan fingerprint density at radius 1 is 1.32 bits per heavy atom. The summed E-state index contributed by atoms with van der Waals surface area (Å²) in [5, 5.41) is 5.36. The number of nitrogens with zero attached hydrogens (tertiary/aromatic N) is 1. The van der Waals surface area contributed by atoms with Crippen molar-refractivity contribution in [1.82, 2.24) is 4.98 Å². The second-order valence-corrected chi connectivity index (χ2v) is 7.98. The van der Waals surface area contributed by atoms with Gasteiger partial charge in [-0.25, -0.2) is 4.98 Å². The van der Waals surface area contributed by atoms with Crippen molar-refractivity contribution in [2.24, 2.45) is 5.92 Å². The van der Waals surface area contributed by atoms with Gasteiger partial charge < -0.3 is 0 Å². The van der Waals surface area contributed by atoms with Gasteiger partial charge >= 0.3 is 0 Å². The number of rotatable bonds is 4. The largest absolute Gasteiger partial charge is 0.298 e. The average Bonchev–Trinajstić information content (AvgIpc) is 3.17. The summed E-state index contributed by atoms with van der Waals surface area (Å²) in [7, 11) is 0. The second-order valence-electron chi connectivity index (χ2n) is 5.37. The molecule has 3 rings (SSSR count). The zero-order valence-electron chi connectivity index (χ0n) is 12.0. The van der Waals surface area contributed by atoms with Crippen LogP contribution < -0.4 is 5.32 Å². The van der Waals surface area contributed by atoms with Crippen LogP contribution >= 0.6 is 34.3 Å². The summed E-state index contributed by atoms with van der Waals surface area (Å²) in [4.78, 5) is 17.7. The average molecular weight is 353 g/mol. The molecule has 1 amide bonds. The quantitative estimate of drug-likeness (QED) is 0.742. The van der Waals surface area contributed by atoms with Crippen LogP contribution in [0.4, 0.5) is 5.13 Å². The molecule has 0 atom stereocenters. The van der Waals surface area contributed by atoms with Gasteiger partial charge in [-0.05, 0) is 30.9 Å². The van der Waals surface area contributed by atoms with E-state index in [2.05, 4.69) is 16.4 Å². The van der Waals surface area contributed by atoms with Gasteiger partial charge in [-0.15, -0.1) is 22.7 Å². The molecule has 1 fully saturated rings. The van der Waals surface area contributed by atoms with E-state index in [1.807, 2.05) is 17.5 Å². The predicted octanol–water partition coefficient (Wildman–Crippen LogP) is 5.46. The third kappa shape index (κ3) is 3.97. The molecule has 1 aliphatic rings. The molecule has 3 nitrogen and oxygen atoms in total. The van der Waals surface area contributed by atoms with Gasteiger partial charge in [0.15, 0.2) is 5.13 Å². The minimum Gasteiger partial charge on any atom is -0.298 e. The Morgan fingerprint density at radius 3 is 2.77 bits per heavy atom. The minimum atomic E-state index is -0.0981. The fourth-order valence-electron chi connectivity index (χ4n) is 2.71. The van der Waals surface area contributed by atoms with Gasteiger partial charge in [0, 0.05) is 16.5 Å². The highest BCUT2D eigenvalue weighted by Gasteiger charge is 2.19. The number of hydrogen-bond acceptors (Lipinski definition) is 4. The van der Waals surface area contributed by atoms with Gasteiger partial charge in [0.1, 0.15) is 0 Å². The molecule has 2 heterocycles. The van der Waals surface area contributed by atoms with E-state index in [-0.39, 0.29) is 5.91 Å². The van der Waals surface area contributed by atoms with Crippen LogP contribution in [0.5, 0.6) is 0 Å². The fourth-order valence-corrected chi connectivity index (χ4v) is 4.30. The van der Waals surface area contributed by atoms with Crippen molar-refractivity contribution in [1.29, 1.82) is 0 Å². The zero-order valence-corrected chi connectivity index (χ0v) is 14.4. The fraction of sp³-hybridized carbons (Fsp3) is 0.375. The summed E-state index contributed by atoms with van der Waals surface area (Å²) in [6.45, 7) is 0. The third-order valence-electron chi connectivity index (χ3n) is 3.79. The molecule has 116 valence electrons. The maximum absolute atomic E-state index is 12.6. The van der Waals surface area contributed by atoms with Crippen LogP contribution in [0.2, 0.25) is 4.34 Å². The van der Waals surface area contributed by atoms with Crippen molar-refractivity contribution in [2.75, 3.05) is 5.32 Å². The zero-order chi connectivity index (χ0) is 15.4. The minimum absolute atomic E-state index is 0.0981. The molecule has 1 N–H and O–H groups in total. The van der Waals surface area contributed by atoms with E-state index < -0.39 is 0 Å². The molecular formula is C16H17ClN2OS2. The van der Waals surface area contributed by atoms with Crippen LogP contribution in [-0.2, 0) is 4.79 Å². The van der Waals surface area contributed by atoms with E-state index in [4.69, 9.17) is 11.6 Å². The lowest BCUT2D eigenvalue weighted by Gasteiger charge is -2.19. The van der Waals surface area contributed by atoms with Gasteiger partial charge in [-0.1, -0.05) is 36.9 Å². The molecule has 0 aliphatic heterocycles. The summed E-state index contributed by atoms with van der Waals surface area (Å²) >= 11 is 8.91. The third-order valence-corrected chi connectivity index (χ3v) is 5.74. The molecule has 22 heavy (non-hydrogen) atoms. The Kier molecular flexibility index (Phi) is 5.28. The lowest BCUT2D eigenvalue weighted by atomic mass is 9.87. The normalized spacial score (nSPS) is 16.7. The number of thiazole rings is 1. The molecule has 0 bridgehead atoms. The number of halogens is 1. The van der Waals surface area contributed by atoms with Gasteiger partial charge in [0.05, 0.1) is 9.91 Å². The lowest BCUT2D eigenvalue weighted by molar-refractivity contribution is -0.111. The van der Waals surface area contributed by atoms with Gasteiger partial charge in [0.2, 0.25) is 0 Å². The van der Waals surface area contributed by atoms with E-state index in [1.54, 1.807) is 6.20 Å². The number of aromatic nitrogens is 1. The summed E-state index contributed by atoms with van der Waals surface area (Å²) < 4.78 is 0.701. The Labute approximate surface area is 143 Å². The van der Waals surface area contributed by atoms with E-state index in [0.717, 1.165) is 23.3 Å². The van der Waals surface area contributed by atoms with Gasteiger partial charge in [-0.2, -0.15) is 0 Å². The standard InChI is InChI=1S/C16H17ClN2OS2/c17-14-7-6-13(22-14)12(10-11-4-2-1-3-5-11)15(20)19-16-18-8-9-21-16/h6-11H,1-5H2,(H,18,19,20)/b12-10+. The molecule has 0 spiro atoms. The topological polar surface area (TPSA) is 42.0 Å². The summed E-state index contributed by atoms with van der Waals surface area (Å²) in [6.07, 6.45) is 9.93. The molecule has 1 aliphatic carbocycles. The van der Waals surface area contributed by atoms with Crippen LogP contribution in [0.3, 0.4) is 0 Å². The number of carbonyl (C=O) groups is 1. The Morgan fingerprint density at radius 2 is 2.14 bits per heavy atom. The van der Waals surface area contributed by atoms with E-state index in [0.29, 0.717) is 15.4 Å². The van der Waals surface area contributed by atoms with Crippen molar-refractivity contribution in [3.8, 4) is 0 Å². The molecule has 2 aromatic heterocycles. The van der Waals surface area contributed by atoms with Gasteiger partial charge in [0.25, 0.3) is 5.91 Å². The first kappa shape index (κ1) is 15.7. The molecule has 6 heteroatoms. The molecule has 0 unspecified atom stereocenters. The van der Waals surface area contributed by atoms with Crippen molar-refractivity contribution in [3.05, 3.63) is 39.0 Å². The van der Waals surface area contributed by atoms with Crippen LogP contribution in [0.1, 0.15) is 37.0 Å². The number of allylic oxidation sites excluding steroid dienone is 1. The van der Waals surface area contributed by atoms with E-state index in [9.17, 15) is 4.79 Å². The Hall–Kier alpha value is -1.17. The molecule has 1 saturated carbocycles. The first-order valence-electron chi connectivity index (χ1n) is 7.41. The van der Waals surface area contributed by atoms with Crippen molar-refractivity contribution >= 4 is 50.9 Å². The molecule has 0 saturated heterocycles. The number of nitrogens with one attached hydrogen (secondary N) is 1. The number of hydrogen-bond donors (Lipinski definition) is 1. The van der Waals surface area contributed by atoms with Crippen molar-refractivity contribution in [3.63, 3.8) is 0 Å². The first-order chi connectivity index (χ1) is 10.7. The van der Waals surface area contributed by atoms with Crippen LogP contribution in [0.15, 0.2) is 29.8 Å². The van der Waals surface area contributed by atoms with E-state index in [1.165, 1.54) is 41.9 Å². The van der Waals surface area contributed by atoms with Crippen LogP contribution in [0, 0.1) is 5.92 Å². The molecule has 0 radical (unpaired) electrons. The molecule has 2 aromatic rings. The Bertz CT molecular complexity index is 658. The number of anilines is 1. The smallest absolute Gasteiger partial charge is 0.258 e. The Balaban J connectivity index is 1.84. The maximum atomic E-state index is 12.6. The van der Waals surface area contributed by atoms with Crippen molar-refractivity contribution < 1.29 is 4.79 Å². The number of amides is 1. The molecule has 0 aromatic carbocycles.